The maximum Gasteiger partial charge on any atom is 0.146 e. The van der Waals surface area contributed by atoms with E-state index in [-0.39, 0.29) is 6.04 Å². The quantitative estimate of drug-likeness (QED) is 0.454. The van der Waals surface area contributed by atoms with Gasteiger partial charge in [-0.2, -0.15) is 0 Å². The van der Waals surface area contributed by atoms with E-state index in [2.05, 4.69) is 83.9 Å². The van der Waals surface area contributed by atoms with Crippen LogP contribution >= 0.6 is 0 Å². The van der Waals surface area contributed by atoms with E-state index in [0.29, 0.717) is 0 Å². The Labute approximate surface area is 171 Å². The second-order valence-corrected chi connectivity index (χ2v) is 7.68. The molecular weight excluding hydrogens is 360 g/mol. The van der Waals surface area contributed by atoms with Gasteiger partial charge in [0, 0.05) is 11.7 Å². The van der Waals surface area contributed by atoms with Gasteiger partial charge in [0.2, 0.25) is 0 Å². The van der Waals surface area contributed by atoms with E-state index in [1.54, 1.807) is 13.4 Å². The first-order chi connectivity index (χ1) is 14.0. The molecule has 0 aliphatic carbocycles. The second-order valence-electron chi connectivity index (χ2n) is 7.68. The standard InChI is InChI=1S/C24H26N4O/c1-15(2)28-22(18-6-8-20(29-5)9-7-18)13-21-23(25-14-26-24(21)28)27-19-11-16(3)10-17(4)12-19/h6-15H,1-5H3,(H,25,26,27). The summed E-state index contributed by atoms with van der Waals surface area (Å²) in [5.74, 6) is 1.66. The van der Waals surface area contributed by atoms with E-state index in [1.807, 2.05) is 12.1 Å². The number of benzene rings is 2. The van der Waals surface area contributed by atoms with E-state index in [1.165, 1.54) is 11.1 Å². The molecule has 0 saturated carbocycles. The number of hydrogen-bond donors (Lipinski definition) is 1. The number of anilines is 2. The lowest BCUT2D eigenvalue weighted by atomic mass is 10.1. The predicted molar refractivity (Wildman–Crippen MR) is 119 cm³/mol. The lowest BCUT2D eigenvalue weighted by Gasteiger charge is -2.14. The van der Waals surface area contributed by atoms with Gasteiger partial charge in [-0.3, -0.25) is 0 Å². The van der Waals surface area contributed by atoms with Gasteiger partial charge in [-0.25, -0.2) is 9.97 Å². The Morgan fingerprint density at radius 3 is 2.24 bits per heavy atom. The molecule has 0 unspecified atom stereocenters. The summed E-state index contributed by atoms with van der Waals surface area (Å²) in [6.45, 7) is 8.55. The molecule has 2 aromatic heterocycles. The number of nitrogens with one attached hydrogen (secondary N) is 1. The molecule has 1 N–H and O–H groups in total. The zero-order chi connectivity index (χ0) is 20.5. The monoisotopic (exact) mass is 386 g/mol. The summed E-state index contributed by atoms with van der Waals surface area (Å²) >= 11 is 0. The molecule has 0 spiro atoms. The van der Waals surface area contributed by atoms with Crippen molar-refractivity contribution in [3.63, 3.8) is 0 Å². The molecule has 0 aliphatic heterocycles. The average molecular weight is 386 g/mol. The topological polar surface area (TPSA) is 52.0 Å². The minimum atomic E-state index is 0.258. The molecule has 5 nitrogen and oxygen atoms in total. The fourth-order valence-electron chi connectivity index (χ4n) is 3.82. The fraction of sp³-hybridized carbons (Fsp3) is 0.250. The molecule has 5 heteroatoms. The molecule has 0 aliphatic rings. The highest BCUT2D eigenvalue weighted by Gasteiger charge is 2.17. The summed E-state index contributed by atoms with van der Waals surface area (Å²) in [6.07, 6.45) is 1.63. The Bertz CT molecular complexity index is 1140. The molecule has 2 aromatic carbocycles. The van der Waals surface area contributed by atoms with Crippen LogP contribution in [0.15, 0.2) is 54.9 Å². The number of aryl methyl sites for hydroxylation is 2. The van der Waals surface area contributed by atoms with E-state index in [0.717, 1.165) is 39.5 Å². The van der Waals surface area contributed by atoms with Crippen LogP contribution < -0.4 is 10.1 Å². The van der Waals surface area contributed by atoms with Gasteiger partial charge in [0.15, 0.2) is 0 Å². The SMILES string of the molecule is COc1ccc(-c2cc3c(Nc4cc(C)cc(C)c4)ncnc3n2C(C)C)cc1. The molecule has 0 atom stereocenters. The summed E-state index contributed by atoms with van der Waals surface area (Å²) in [5, 5.41) is 4.50. The molecule has 4 rings (SSSR count). The van der Waals surface area contributed by atoms with E-state index < -0.39 is 0 Å². The first-order valence-corrected chi connectivity index (χ1v) is 9.82. The van der Waals surface area contributed by atoms with Gasteiger partial charge < -0.3 is 14.6 Å². The summed E-state index contributed by atoms with van der Waals surface area (Å²) in [5.41, 5.74) is 6.63. The van der Waals surface area contributed by atoms with E-state index in [4.69, 9.17) is 4.74 Å². The van der Waals surface area contributed by atoms with Crippen molar-refractivity contribution >= 4 is 22.5 Å². The third-order valence-electron chi connectivity index (χ3n) is 5.02. The largest absolute Gasteiger partial charge is 0.497 e. The Kier molecular flexibility index (Phi) is 4.97. The van der Waals surface area contributed by atoms with Crippen molar-refractivity contribution in [1.29, 1.82) is 0 Å². The minimum absolute atomic E-state index is 0.258. The van der Waals surface area contributed by atoms with Crippen LogP contribution in [-0.2, 0) is 0 Å². The van der Waals surface area contributed by atoms with Crippen molar-refractivity contribution in [2.24, 2.45) is 0 Å². The minimum Gasteiger partial charge on any atom is -0.497 e. The van der Waals surface area contributed by atoms with Gasteiger partial charge in [-0.15, -0.1) is 0 Å². The summed E-state index contributed by atoms with van der Waals surface area (Å²) in [7, 11) is 1.68. The number of aromatic nitrogens is 3. The summed E-state index contributed by atoms with van der Waals surface area (Å²) < 4.78 is 7.56. The van der Waals surface area contributed by atoms with Crippen molar-refractivity contribution in [2.75, 3.05) is 12.4 Å². The van der Waals surface area contributed by atoms with Crippen molar-refractivity contribution < 1.29 is 4.74 Å². The highest BCUT2D eigenvalue weighted by atomic mass is 16.5. The number of methoxy groups -OCH3 is 1. The molecule has 0 saturated heterocycles. The summed E-state index contributed by atoms with van der Waals surface area (Å²) in [4.78, 5) is 9.15. The van der Waals surface area contributed by atoms with Crippen molar-refractivity contribution in [3.8, 4) is 17.0 Å². The van der Waals surface area contributed by atoms with Crippen LogP contribution in [0.3, 0.4) is 0 Å². The van der Waals surface area contributed by atoms with Gasteiger partial charge in [0.05, 0.1) is 18.2 Å². The van der Waals surface area contributed by atoms with Crippen LogP contribution in [0.2, 0.25) is 0 Å². The van der Waals surface area contributed by atoms with Gasteiger partial charge in [0.25, 0.3) is 0 Å². The number of fused-ring (bicyclic) bond motifs is 1. The Balaban J connectivity index is 1.85. The lowest BCUT2D eigenvalue weighted by molar-refractivity contribution is 0.415. The van der Waals surface area contributed by atoms with E-state index in [9.17, 15) is 0 Å². The Morgan fingerprint density at radius 2 is 1.62 bits per heavy atom. The Hall–Kier alpha value is -3.34. The third kappa shape index (κ3) is 3.68. The maximum atomic E-state index is 5.31. The molecule has 0 bridgehead atoms. The molecule has 148 valence electrons. The number of ether oxygens (including phenoxy) is 1. The molecule has 4 aromatic rings. The molecule has 0 fully saturated rings. The maximum absolute atomic E-state index is 5.31. The van der Waals surface area contributed by atoms with Crippen molar-refractivity contribution in [3.05, 3.63) is 66.0 Å². The van der Waals surface area contributed by atoms with Crippen molar-refractivity contribution in [1.82, 2.24) is 14.5 Å². The second kappa shape index (κ2) is 7.59. The molecular formula is C24H26N4O. The number of nitrogens with zero attached hydrogens (tertiary/aromatic N) is 3. The summed E-state index contributed by atoms with van der Waals surface area (Å²) in [6, 6.07) is 17.0. The zero-order valence-corrected chi connectivity index (χ0v) is 17.5. The first kappa shape index (κ1) is 19.0. The van der Waals surface area contributed by atoms with Crippen LogP contribution in [0, 0.1) is 13.8 Å². The highest BCUT2D eigenvalue weighted by molar-refractivity contribution is 5.94. The smallest absolute Gasteiger partial charge is 0.146 e. The van der Waals surface area contributed by atoms with Crippen LogP contribution in [0.4, 0.5) is 11.5 Å². The normalized spacial score (nSPS) is 11.2. The van der Waals surface area contributed by atoms with Crippen LogP contribution in [0.25, 0.3) is 22.3 Å². The highest BCUT2D eigenvalue weighted by Crippen LogP contribution is 2.34. The van der Waals surface area contributed by atoms with Crippen LogP contribution in [0.5, 0.6) is 5.75 Å². The Morgan fingerprint density at radius 1 is 0.931 bits per heavy atom. The van der Waals surface area contributed by atoms with Crippen molar-refractivity contribution in [2.45, 2.75) is 33.7 Å². The fourth-order valence-corrected chi connectivity index (χ4v) is 3.82. The van der Waals surface area contributed by atoms with Gasteiger partial charge in [-0.1, -0.05) is 6.07 Å². The third-order valence-corrected chi connectivity index (χ3v) is 5.02. The molecule has 0 radical (unpaired) electrons. The van der Waals surface area contributed by atoms with Crippen LogP contribution in [0.1, 0.15) is 31.0 Å². The number of hydrogen-bond acceptors (Lipinski definition) is 4. The first-order valence-electron chi connectivity index (χ1n) is 9.82. The van der Waals surface area contributed by atoms with Gasteiger partial charge in [0.1, 0.15) is 23.5 Å². The number of rotatable bonds is 5. The lowest BCUT2D eigenvalue weighted by Crippen LogP contribution is -2.04. The van der Waals surface area contributed by atoms with Crippen LogP contribution in [-0.4, -0.2) is 21.6 Å². The molecule has 29 heavy (non-hydrogen) atoms. The van der Waals surface area contributed by atoms with Gasteiger partial charge in [-0.05, 0) is 86.8 Å². The van der Waals surface area contributed by atoms with E-state index >= 15 is 0 Å². The zero-order valence-electron chi connectivity index (χ0n) is 17.5. The molecule has 2 heterocycles. The predicted octanol–water partition coefficient (Wildman–Crippen LogP) is 6.05. The molecule has 0 amide bonds. The van der Waals surface area contributed by atoms with Gasteiger partial charge >= 0.3 is 0 Å². The average Bonchev–Trinajstić information content (AvgIpc) is 3.08.